The third-order valence-electron chi connectivity index (χ3n) is 2.25. The first-order valence-corrected chi connectivity index (χ1v) is 7.11. The fourth-order valence-corrected chi connectivity index (χ4v) is 2.40. The molecule has 114 valence electrons. The van der Waals surface area contributed by atoms with Gasteiger partial charge in [0.2, 0.25) is 10.0 Å². The number of benzene rings is 1. The number of alkyl halides is 3. The van der Waals surface area contributed by atoms with Crippen LogP contribution in [-0.2, 0) is 20.9 Å². The summed E-state index contributed by atoms with van der Waals surface area (Å²) >= 11 is 0. The van der Waals surface area contributed by atoms with Crippen molar-refractivity contribution in [3.63, 3.8) is 0 Å². The molecule has 0 unspecified atom stereocenters. The minimum Gasteiger partial charge on any atom is -0.394 e. The zero-order valence-corrected chi connectivity index (χ0v) is 11.2. The second-order valence-electron chi connectivity index (χ2n) is 3.76. The zero-order chi connectivity index (χ0) is 15.2. The molecule has 0 fully saturated rings. The Bertz CT molecular complexity index is 531. The maximum atomic E-state index is 12.5. The van der Waals surface area contributed by atoms with Gasteiger partial charge in [-0.2, -0.15) is 13.2 Å². The van der Waals surface area contributed by atoms with Gasteiger partial charge in [0.1, 0.15) is 0 Å². The lowest BCUT2D eigenvalue weighted by Crippen LogP contribution is -2.28. The van der Waals surface area contributed by atoms with Crippen molar-refractivity contribution in [2.24, 2.45) is 0 Å². The Balaban J connectivity index is 2.73. The Hall–Kier alpha value is -1.16. The molecule has 0 aliphatic carbocycles. The van der Waals surface area contributed by atoms with Gasteiger partial charge in [-0.05, 0) is 18.2 Å². The molecule has 20 heavy (non-hydrogen) atoms. The summed E-state index contributed by atoms with van der Waals surface area (Å²) in [5.41, 5.74) is -1.03. The van der Waals surface area contributed by atoms with E-state index in [0.29, 0.717) is 6.07 Å². The van der Waals surface area contributed by atoms with Gasteiger partial charge in [-0.15, -0.1) is 0 Å². The van der Waals surface area contributed by atoms with Gasteiger partial charge in [0.05, 0.1) is 30.3 Å². The molecular formula is C11H14F3NO4S. The van der Waals surface area contributed by atoms with Crippen LogP contribution in [0.5, 0.6) is 0 Å². The Morgan fingerprint density at radius 3 is 2.55 bits per heavy atom. The fraction of sp³-hybridized carbons (Fsp3) is 0.455. The highest BCUT2D eigenvalue weighted by Gasteiger charge is 2.31. The summed E-state index contributed by atoms with van der Waals surface area (Å²) in [5.74, 6) is 0. The first-order valence-electron chi connectivity index (χ1n) is 5.63. The van der Waals surface area contributed by atoms with E-state index in [1.54, 1.807) is 0 Å². The van der Waals surface area contributed by atoms with Crippen LogP contribution in [0.1, 0.15) is 5.56 Å². The molecule has 2 N–H and O–H groups in total. The molecule has 0 radical (unpaired) electrons. The van der Waals surface area contributed by atoms with Crippen LogP contribution in [-0.4, -0.2) is 39.9 Å². The van der Waals surface area contributed by atoms with Crippen LogP contribution in [0.4, 0.5) is 13.2 Å². The first-order chi connectivity index (χ1) is 9.27. The number of hydrogen-bond donors (Lipinski definition) is 2. The quantitative estimate of drug-likeness (QED) is 0.736. The second kappa shape index (κ2) is 7.02. The fourth-order valence-electron chi connectivity index (χ4n) is 1.34. The summed E-state index contributed by atoms with van der Waals surface area (Å²) in [6.45, 7) is -0.219. The molecule has 1 aromatic carbocycles. The number of aliphatic hydroxyl groups excluding tert-OH is 1. The molecule has 0 saturated heterocycles. The summed E-state index contributed by atoms with van der Waals surface area (Å²) in [5, 5.41) is 8.44. The van der Waals surface area contributed by atoms with Crippen molar-refractivity contribution < 1.29 is 31.4 Å². The second-order valence-corrected chi connectivity index (χ2v) is 5.53. The van der Waals surface area contributed by atoms with Crippen molar-refractivity contribution in [1.29, 1.82) is 0 Å². The van der Waals surface area contributed by atoms with Crippen LogP contribution in [0.2, 0.25) is 0 Å². The summed E-state index contributed by atoms with van der Waals surface area (Å²) in [6.07, 6.45) is -4.60. The van der Waals surface area contributed by atoms with Gasteiger partial charge in [0, 0.05) is 6.54 Å². The van der Waals surface area contributed by atoms with E-state index in [2.05, 4.69) is 4.72 Å². The molecule has 1 rings (SSSR count). The Morgan fingerprint density at radius 2 is 1.95 bits per heavy atom. The van der Waals surface area contributed by atoms with Crippen LogP contribution >= 0.6 is 0 Å². The highest BCUT2D eigenvalue weighted by Crippen LogP contribution is 2.30. The molecule has 0 spiro atoms. The van der Waals surface area contributed by atoms with Gasteiger partial charge in [0.15, 0.2) is 0 Å². The predicted molar refractivity (Wildman–Crippen MR) is 64.5 cm³/mol. The maximum Gasteiger partial charge on any atom is 0.416 e. The van der Waals surface area contributed by atoms with Gasteiger partial charge in [-0.25, -0.2) is 13.1 Å². The van der Waals surface area contributed by atoms with Crippen LogP contribution < -0.4 is 4.72 Å². The molecule has 0 amide bonds. The molecule has 5 nitrogen and oxygen atoms in total. The average Bonchev–Trinajstić information content (AvgIpc) is 2.37. The Kier molecular flexibility index (Phi) is 5.93. The Morgan fingerprint density at radius 1 is 1.25 bits per heavy atom. The SMILES string of the molecule is O=S(=O)(NCCOCCO)c1cccc(C(F)(F)F)c1. The number of nitrogens with one attached hydrogen (secondary N) is 1. The molecule has 1 aromatic rings. The molecule has 0 bridgehead atoms. The highest BCUT2D eigenvalue weighted by atomic mass is 32.2. The monoisotopic (exact) mass is 313 g/mol. The van der Waals surface area contributed by atoms with E-state index in [1.165, 1.54) is 0 Å². The lowest BCUT2D eigenvalue weighted by Gasteiger charge is -2.10. The topological polar surface area (TPSA) is 75.6 Å². The van der Waals surface area contributed by atoms with Crippen molar-refractivity contribution >= 4 is 10.0 Å². The van der Waals surface area contributed by atoms with Gasteiger partial charge in [-0.1, -0.05) is 6.07 Å². The molecule has 0 aromatic heterocycles. The molecule has 0 saturated carbocycles. The number of halogens is 3. The van der Waals surface area contributed by atoms with Gasteiger partial charge in [-0.3, -0.25) is 0 Å². The summed E-state index contributed by atoms with van der Waals surface area (Å²) in [7, 11) is -4.02. The lowest BCUT2D eigenvalue weighted by atomic mass is 10.2. The van der Waals surface area contributed by atoms with Crippen molar-refractivity contribution in [3.8, 4) is 0 Å². The van der Waals surface area contributed by atoms with Crippen LogP contribution in [0, 0.1) is 0 Å². The van der Waals surface area contributed by atoms with Gasteiger partial charge in [0.25, 0.3) is 0 Å². The van der Waals surface area contributed by atoms with Crippen molar-refractivity contribution in [1.82, 2.24) is 4.72 Å². The smallest absolute Gasteiger partial charge is 0.394 e. The third-order valence-corrected chi connectivity index (χ3v) is 3.70. The highest BCUT2D eigenvalue weighted by molar-refractivity contribution is 7.89. The largest absolute Gasteiger partial charge is 0.416 e. The lowest BCUT2D eigenvalue weighted by molar-refractivity contribution is -0.137. The minimum atomic E-state index is -4.60. The maximum absolute atomic E-state index is 12.5. The Labute approximate surface area is 114 Å². The van der Waals surface area contributed by atoms with E-state index in [-0.39, 0.29) is 26.4 Å². The zero-order valence-electron chi connectivity index (χ0n) is 10.4. The average molecular weight is 313 g/mol. The number of ether oxygens (including phenoxy) is 1. The first kappa shape index (κ1) is 16.9. The van der Waals surface area contributed by atoms with Crippen molar-refractivity contribution in [2.75, 3.05) is 26.4 Å². The van der Waals surface area contributed by atoms with E-state index in [9.17, 15) is 21.6 Å². The van der Waals surface area contributed by atoms with E-state index in [0.717, 1.165) is 18.2 Å². The minimum absolute atomic E-state index is 0.0127. The van der Waals surface area contributed by atoms with E-state index >= 15 is 0 Å². The van der Waals surface area contributed by atoms with Crippen LogP contribution in [0.25, 0.3) is 0 Å². The predicted octanol–water partition coefficient (Wildman–Crippen LogP) is 0.993. The van der Waals surface area contributed by atoms with E-state index < -0.39 is 26.7 Å². The van der Waals surface area contributed by atoms with Crippen molar-refractivity contribution in [2.45, 2.75) is 11.1 Å². The summed E-state index contributed by atoms with van der Waals surface area (Å²) < 4.78 is 67.9. The van der Waals surface area contributed by atoms with Gasteiger partial charge < -0.3 is 9.84 Å². The molecule has 0 atom stereocenters. The normalized spacial score (nSPS) is 12.6. The van der Waals surface area contributed by atoms with Gasteiger partial charge >= 0.3 is 6.18 Å². The molecular weight excluding hydrogens is 299 g/mol. The van der Waals surface area contributed by atoms with E-state index in [4.69, 9.17) is 9.84 Å². The standard InChI is InChI=1S/C11H14F3NO4S/c12-11(13,14)9-2-1-3-10(8-9)20(17,18)15-4-6-19-7-5-16/h1-3,8,15-16H,4-7H2. The number of aliphatic hydroxyl groups is 1. The van der Waals surface area contributed by atoms with Crippen molar-refractivity contribution in [3.05, 3.63) is 29.8 Å². The number of hydrogen-bond acceptors (Lipinski definition) is 4. The van der Waals surface area contributed by atoms with Crippen LogP contribution in [0.15, 0.2) is 29.2 Å². The molecule has 0 heterocycles. The van der Waals surface area contributed by atoms with E-state index in [1.807, 2.05) is 0 Å². The number of sulfonamides is 1. The summed E-state index contributed by atoms with van der Waals surface area (Å²) in [6, 6.07) is 3.46. The van der Waals surface area contributed by atoms with Crippen LogP contribution in [0.3, 0.4) is 0 Å². The molecule has 0 aliphatic rings. The molecule has 0 aliphatic heterocycles. The molecule has 9 heteroatoms. The third kappa shape index (κ3) is 5.08. The summed E-state index contributed by atoms with van der Waals surface area (Å²) in [4.78, 5) is -0.463. The number of rotatable bonds is 7.